The highest BCUT2D eigenvalue weighted by Crippen LogP contribution is 2.33. The summed E-state index contributed by atoms with van der Waals surface area (Å²) in [4.78, 5) is 35.3. The highest BCUT2D eigenvalue weighted by Gasteiger charge is 2.44. The van der Waals surface area contributed by atoms with Gasteiger partial charge in [0.15, 0.2) is 6.29 Å². The Morgan fingerprint density at radius 1 is 1.45 bits per heavy atom. The summed E-state index contributed by atoms with van der Waals surface area (Å²) in [5, 5.41) is 14.9. The lowest BCUT2D eigenvalue weighted by Crippen LogP contribution is -2.49. The topological polar surface area (TPSA) is 108 Å². The molecule has 0 spiro atoms. The summed E-state index contributed by atoms with van der Waals surface area (Å²) in [6.07, 6.45) is 0.735. The number of ether oxygens (including phenoxy) is 1. The zero-order valence-electron chi connectivity index (χ0n) is 13.5. The molecule has 0 N–H and O–H groups in total. The van der Waals surface area contributed by atoms with Crippen molar-refractivity contribution in [3.63, 3.8) is 0 Å². The minimum absolute atomic E-state index is 0.000796. The van der Waals surface area contributed by atoms with Gasteiger partial charge in [-0.25, -0.2) is 4.79 Å². The van der Waals surface area contributed by atoms with E-state index in [1.807, 2.05) is 0 Å². The number of nitro groups is 1. The number of hydrogen-bond acceptors (Lipinski definition) is 6. The van der Waals surface area contributed by atoms with Gasteiger partial charge in [0.05, 0.1) is 4.92 Å². The van der Waals surface area contributed by atoms with Gasteiger partial charge < -0.3 is 9.53 Å². The Morgan fingerprint density at radius 3 is 2.41 bits per heavy atom. The second-order valence-electron chi connectivity index (χ2n) is 6.06. The number of carbonyl (C=O) groups is 2. The number of nitrogens with zero attached hydrogens (tertiary/aromatic N) is 4. The highest BCUT2D eigenvalue weighted by molar-refractivity contribution is 5.78. The second kappa shape index (κ2) is 5.74. The van der Waals surface area contributed by atoms with E-state index in [4.69, 9.17) is 4.74 Å². The lowest BCUT2D eigenvalue weighted by atomic mass is 9.97. The maximum atomic E-state index is 12.2. The molecular formula is C13H20N4O5. The molecule has 122 valence electrons. The van der Waals surface area contributed by atoms with Gasteiger partial charge in [0, 0.05) is 14.1 Å². The molecule has 1 amide bonds. The van der Waals surface area contributed by atoms with Crippen LogP contribution < -0.4 is 0 Å². The van der Waals surface area contributed by atoms with Crippen LogP contribution in [0.2, 0.25) is 0 Å². The molecule has 0 aliphatic heterocycles. The molecule has 9 nitrogen and oxygen atoms in total. The molecule has 0 aromatic carbocycles. The largest absolute Gasteiger partial charge is 0.444 e. The Hall–Kier alpha value is -2.45. The molecule has 9 heteroatoms. The number of likely N-dealkylation sites (N-methyl/N-ethyl adjacent to an activating group) is 1. The molecule has 22 heavy (non-hydrogen) atoms. The number of hydrogen-bond donors (Lipinski definition) is 0. The second-order valence-corrected chi connectivity index (χ2v) is 6.06. The van der Waals surface area contributed by atoms with Crippen LogP contribution in [0, 0.1) is 10.1 Å². The van der Waals surface area contributed by atoms with Gasteiger partial charge in [0.1, 0.15) is 23.0 Å². The maximum Gasteiger partial charge on any atom is 0.411 e. The summed E-state index contributed by atoms with van der Waals surface area (Å²) in [6.45, 7) is 6.45. The summed E-state index contributed by atoms with van der Waals surface area (Å²) in [5.74, 6) is 0. The smallest absolute Gasteiger partial charge is 0.411 e. The van der Waals surface area contributed by atoms with Crippen LogP contribution in [0.25, 0.3) is 0 Å². The molecule has 1 aromatic heterocycles. The fourth-order valence-electron chi connectivity index (χ4n) is 1.96. The van der Waals surface area contributed by atoms with Crippen LogP contribution in [0.3, 0.4) is 0 Å². The monoisotopic (exact) mass is 312 g/mol. The zero-order valence-corrected chi connectivity index (χ0v) is 13.5. The first-order valence-corrected chi connectivity index (χ1v) is 6.54. The number of amides is 1. The Labute approximate surface area is 128 Å². The SMILES string of the molecule is CN(C(=O)OC(C)(C)C)C(C)(C=O)c1c([N+](=O)[O-])cnn1C. The minimum Gasteiger partial charge on any atom is -0.444 e. The fourth-order valence-corrected chi connectivity index (χ4v) is 1.96. The van der Waals surface area contributed by atoms with E-state index in [2.05, 4.69) is 5.10 Å². The van der Waals surface area contributed by atoms with E-state index in [-0.39, 0.29) is 11.4 Å². The summed E-state index contributed by atoms with van der Waals surface area (Å²) in [7, 11) is 2.81. The molecule has 0 aliphatic carbocycles. The maximum absolute atomic E-state index is 12.2. The number of aryl methyl sites for hydroxylation is 1. The molecule has 0 radical (unpaired) electrons. The Balaban J connectivity index is 3.33. The van der Waals surface area contributed by atoms with Crippen molar-refractivity contribution in [1.82, 2.24) is 14.7 Å². The summed E-state index contributed by atoms with van der Waals surface area (Å²) >= 11 is 0. The number of carbonyl (C=O) groups excluding carboxylic acids is 2. The number of rotatable bonds is 4. The molecule has 1 aromatic rings. The lowest BCUT2D eigenvalue weighted by Gasteiger charge is -2.34. The molecule has 1 heterocycles. The zero-order chi connectivity index (χ0) is 17.3. The van der Waals surface area contributed by atoms with Gasteiger partial charge in [-0.15, -0.1) is 0 Å². The van der Waals surface area contributed by atoms with Crippen LogP contribution >= 0.6 is 0 Å². The lowest BCUT2D eigenvalue weighted by molar-refractivity contribution is -0.386. The van der Waals surface area contributed by atoms with Gasteiger partial charge in [-0.1, -0.05) is 0 Å². The Bertz CT molecular complexity index is 604. The van der Waals surface area contributed by atoms with Crippen molar-refractivity contribution in [3.05, 3.63) is 22.0 Å². The van der Waals surface area contributed by atoms with Gasteiger partial charge in [0.25, 0.3) is 0 Å². The average molecular weight is 312 g/mol. The molecule has 0 fully saturated rings. The van der Waals surface area contributed by atoms with Gasteiger partial charge in [0.2, 0.25) is 0 Å². The summed E-state index contributed by atoms with van der Waals surface area (Å²) in [5.41, 5.74) is -2.68. The van der Waals surface area contributed by atoms with Gasteiger partial charge >= 0.3 is 11.8 Å². The van der Waals surface area contributed by atoms with Crippen LogP contribution in [0.5, 0.6) is 0 Å². The van der Waals surface area contributed by atoms with E-state index in [1.54, 1.807) is 20.8 Å². The third kappa shape index (κ3) is 3.23. The third-order valence-electron chi connectivity index (χ3n) is 3.19. The van der Waals surface area contributed by atoms with Crippen LogP contribution in [0.15, 0.2) is 6.20 Å². The molecule has 1 atom stereocenters. The van der Waals surface area contributed by atoms with Crippen molar-refractivity contribution >= 4 is 18.1 Å². The molecule has 0 saturated heterocycles. The summed E-state index contributed by atoms with van der Waals surface area (Å²) in [6, 6.07) is 0. The molecule has 1 rings (SSSR count). The van der Waals surface area contributed by atoms with E-state index in [0.717, 1.165) is 11.1 Å². The van der Waals surface area contributed by atoms with E-state index in [1.165, 1.54) is 25.7 Å². The van der Waals surface area contributed by atoms with E-state index in [9.17, 15) is 19.7 Å². The predicted molar refractivity (Wildman–Crippen MR) is 77.3 cm³/mol. The van der Waals surface area contributed by atoms with Crippen LogP contribution in [0.1, 0.15) is 33.4 Å². The van der Waals surface area contributed by atoms with E-state index >= 15 is 0 Å². The third-order valence-corrected chi connectivity index (χ3v) is 3.19. The minimum atomic E-state index is -1.59. The summed E-state index contributed by atoms with van der Waals surface area (Å²) < 4.78 is 6.42. The first-order chi connectivity index (χ1) is 9.94. The average Bonchev–Trinajstić information content (AvgIpc) is 2.77. The van der Waals surface area contributed by atoms with Crippen molar-refractivity contribution in [2.75, 3.05) is 7.05 Å². The quantitative estimate of drug-likeness (QED) is 0.475. The standard InChI is InChI=1S/C13H20N4O5/c1-12(2,3)22-11(19)15(5)13(4,8-18)10-9(17(20)21)7-14-16(10)6/h7-8H,1-6H3. The van der Waals surface area contributed by atoms with Crippen molar-refractivity contribution < 1.29 is 19.2 Å². The van der Waals surface area contributed by atoms with Gasteiger partial charge in [-0.2, -0.15) is 5.10 Å². The molecular weight excluding hydrogens is 292 g/mol. The normalized spacial score (nSPS) is 14.1. The predicted octanol–water partition coefficient (Wildman–Crippen LogP) is 1.61. The first-order valence-electron chi connectivity index (χ1n) is 6.54. The molecule has 0 bridgehead atoms. The number of aromatic nitrogens is 2. The molecule has 0 saturated carbocycles. The van der Waals surface area contributed by atoms with Crippen molar-refractivity contribution in [3.8, 4) is 0 Å². The highest BCUT2D eigenvalue weighted by atomic mass is 16.6. The van der Waals surface area contributed by atoms with Crippen LogP contribution in [0.4, 0.5) is 10.5 Å². The van der Waals surface area contributed by atoms with Crippen LogP contribution in [-0.2, 0) is 22.1 Å². The van der Waals surface area contributed by atoms with Gasteiger partial charge in [-0.3, -0.25) is 19.7 Å². The van der Waals surface area contributed by atoms with Crippen molar-refractivity contribution in [2.45, 2.75) is 38.8 Å². The van der Waals surface area contributed by atoms with Crippen molar-refractivity contribution in [2.24, 2.45) is 7.05 Å². The fraction of sp³-hybridized carbons (Fsp3) is 0.615. The van der Waals surface area contributed by atoms with E-state index < -0.39 is 22.2 Å². The van der Waals surface area contributed by atoms with E-state index in [0.29, 0.717) is 6.29 Å². The molecule has 1 unspecified atom stereocenters. The molecule has 0 aliphatic rings. The Kier molecular flexibility index (Phi) is 4.59. The van der Waals surface area contributed by atoms with Crippen LogP contribution in [-0.4, -0.2) is 44.6 Å². The number of aldehydes is 1. The van der Waals surface area contributed by atoms with Gasteiger partial charge in [-0.05, 0) is 27.7 Å². The first kappa shape index (κ1) is 17.6. The Morgan fingerprint density at radius 2 is 2.00 bits per heavy atom. The van der Waals surface area contributed by atoms with Crippen molar-refractivity contribution in [1.29, 1.82) is 0 Å².